The van der Waals surface area contributed by atoms with Crippen LogP contribution in [0.1, 0.15) is 10.5 Å². The predicted molar refractivity (Wildman–Crippen MR) is 56.4 cm³/mol. The number of carbonyl (C=O) groups is 1. The second-order valence-electron chi connectivity index (χ2n) is 2.27. The second-order valence-corrected chi connectivity index (χ2v) is 4.02. The number of nitrogen functional groups attached to an aromatic ring is 1. The minimum absolute atomic E-state index is 0.105. The van der Waals surface area contributed by atoms with Crippen LogP contribution in [-0.2, 0) is 4.79 Å². The van der Waals surface area contributed by atoms with Gasteiger partial charge in [0.25, 0.3) is 0 Å². The summed E-state index contributed by atoms with van der Waals surface area (Å²) in [5.41, 5.74) is 6.13. The van der Waals surface area contributed by atoms with Crippen molar-refractivity contribution in [1.82, 2.24) is 4.98 Å². The summed E-state index contributed by atoms with van der Waals surface area (Å²) in [5.74, 6) is 0. The maximum absolute atomic E-state index is 10.4. The minimum atomic E-state index is -0.511. The van der Waals surface area contributed by atoms with E-state index < -0.39 is 4.83 Å². The van der Waals surface area contributed by atoms with E-state index in [0.29, 0.717) is 17.0 Å². The largest absolute Gasteiger partial charge is 0.395 e. The van der Waals surface area contributed by atoms with Crippen molar-refractivity contribution in [3.05, 3.63) is 21.9 Å². The van der Waals surface area contributed by atoms with Gasteiger partial charge in [0, 0.05) is 0 Å². The molecule has 1 heterocycles. The number of aldehydes is 1. The van der Waals surface area contributed by atoms with Crippen molar-refractivity contribution in [3.8, 4) is 0 Å². The first-order chi connectivity index (χ1) is 6.06. The third kappa shape index (κ3) is 2.33. The van der Waals surface area contributed by atoms with E-state index >= 15 is 0 Å². The number of pyridine rings is 1. The van der Waals surface area contributed by atoms with E-state index in [1.165, 1.54) is 6.07 Å². The van der Waals surface area contributed by atoms with E-state index in [9.17, 15) is 4.79 Å². The molecule has 0 radical (unpaired) electrons. The van der Waals surface area contributed by atoms with Gasteiger partial charge in [-0.3, -0.25) is 0 Å². The Kier molecular flexibility index (Phi) is 3.53. The van der Waals surface area contributed by atoms with Gasteiger partial charge in [-0.1, -0.05) is 39.1 Å². The Bertz CT molecular complexity index is 322. The van der Waals surface area contributed by atoms with Crippen LogP contribution in [-0.4, -0.2) is 11.3 Å². The van der Waals surface area contributed by atoms with Gasteiger partial charge in [-0.2, -0.15) is 0 Å². The monoisotopic (exact) mass is 282 g/mol. The minimum Gasteiger partial charge on any atom is -0.395 e. The number of hydrogen-bond donors (Lipinski definition) is 1. The quantitative estimate of drug-likeness (QED) is 0.516. The van der Waals surface area contributed by atoms with Crippen molar-refractivity contribution in [3.63, 3.8) is 0 Å². The van der Waals surface area contributed by atoms with Gasteiger partial charge in [-0.25, -0.2) is 4.98 Å². The van der Waals surface area contributed by atoms with E-state index in [-0.39, 0.29) is 10.8 Å². The molecule has 0 aliphatic rings. The summed E-state index contributed by atoms with van der Waals surface area (Å²) in [6.07, 6.45) is 0.686. The molecule has 1 atom stereocenters. The Morgan fingerprint density at radius 3 is 2.69 bits per heavy atom. The third-order valence-electron chi connectivity index (χ3n) is 1.38. The average molecular weight is 284 g/mol. The molecule has 0 saturated carbocycles. The molecule has 1 rings (SSSR count). The van der Waals surface area contributed by atoms with Crippen molar-refractivity contribution in [1.29, 1.82) is 0 Å². The number of rotatable bonds is 2. The highest BCUT2D eigenvalue weighted by Crippen LogP contribution is 2.30. The number of halogens is 3. The van der Waals surface area contributed by atoms with Crippen LogP contribution in [0.2, 0.25) is 10.2 Å². The smallest absolute Gasteiger partial charge is 0.153 e. The number of anilines is 1. The van der Waals surface area contributed by atoms with Gasteiger partial charge in [0.15, 0.2) is 5.15 Å². The summed E-state index contributed by atoms with van der Waals surface area (Å²) in [6, 6.07) is 1.50. The second kappa shape index (κ2) is 4.26. The SMILES string of the molecule is Nc1c(Cl)cc(C(Br)C=O)nc1Cl. The summed E-state index contributed by atoms with van der Waals surface area (Å²) in [6.45, 7) is 0. The fourth-order valence-electron chi connectivity index (χ4n) is 0.723. The Morgan fingerprint density at radius 2 is 2.23 bits per heavy atom. The van der Waals surface area contributed by atoms with Crippen LogP contribution in [0.4, 0.5) is 5.69 Å². The molecule has 0 spiro atoms. The molecule has 3 nitrogen and oxygen atoms in total. The number of alkyl halides is 1. The van der Waals surface area contributed by atoms with Crippen LogP contribution >= 0.6 is 39.1 Å². The third-order valence-corrected chi connectivity index (χ3v) is 2.67. The molecule has 0 aliphatic carbocycles. The van der Waals surface area contributed by atoms with Gasteiger partial charge < -0.3 is 10.5 Å². The Morgan fingerprint density at radius 1 is 1.62 bits per heavy atom. The topological polar surface area (TPSA) is 56.0 Å². The molecule has 0 bridgehead atoms. The van der Waals surface area contributed by atoms with Crippen LogP contribution in [0.25, 0.3) is 0 Å². The highest BCUT2D eigenvalue weighted by molar-refractivity contribution is 9.09. The van der Waals surface area contributed by atoms with Gasteiger partial charge in [-0.05, 0) is 6.07 Å². The summed E-state index contributed by atoms with van der Waals surface area (Å²) in [7, 11) is 0. The molecule has 0 amide bonds. The molecule has 70 valence electrons. The van der Waals surface area contributed by atoms with Crippen LogP contribution in [0.15, 0.2) is 6.07 Å². The maximum atomic E-state index is 10.4. The predicted octanol–water partition coefficient (Wildman–Crippen LogP) is 2.61. The number of nitrogens with two attached hydrogens (primary N) is 1. The number of nitrogens with zero attached hydrogens (tertiary/aromatic N) is 1. The van der Waals surface area contributed by atoms with Crippen molar-refractivity contribution in [2.24, 2.45) is 0 Å². The van der Waals surface area contributed by atoms with Crippen LogP contribution < -0.4 is 5.73 Å². The van der Waals surface area contributed by atoms with Gasteiger partial charge in [0.2, 0.25) is 0 Å². The molecule has 0 aliphatic heterocycles. The van der Waals surface area contributed by atoms with Gasteiger partial charge in [0.05, 0.1) is 16.4 Å². The first-order valence-corrected chi connectivity index (χ1v) is 4.94. The lowest BCUT2D eigenvalue weighted by atomic mass is 10.3. The lowest BCUT2D eigenvalue weighted by molar-refractivity contribution is -0.107. The first-order valence-electron chi connectivity index (χ1n) is 3.27. The molecule has 0 fully saturated rings. The van der Waals surface area contributed by atoms with Crippen molar-refractivity contribution >= 4 is 51.1 Å². The van der Waals surface area contributed by atoms with Gasteiger partial charge in [0.1, 0.15) is 11.1 Å². The summed E-state index contributed by atoms with van der Waals surface area (Å²) >= 11 is 14.5. The van der Waals surface area contributed by atoms with Crippen LogP contribution in [0.3, 0.4) is 0 Å². The van der Waals surface area contributed by atoms with E-state index in [0.717, 1.165) is 0 Å². The molecule has 1 unspecified atom stereocenters. The fourth-order valence-corrected chi connectivity index (χ4v) is 1.41. The summed E-state index contributed by atoms with van der Waals surface area (Å²) in [4.78, 5) is 13.8. The van der Waals surface area contributed by atoms with E-state index in [2.05, 4.69) is 20.9 Å². The fraction of sp³-hybridized carbons (Fsp3) is 0.143. The summed E-state index contributed by atoms with van der Waals surface area (Å²) < 4.78 is 0. The van der Waals surface area contributed by atoms with Crippen molar-refractivity contribution in [2.45, 2.75) is 4.83 Å². The lowest BCUT2D eigenvalue weighted by Crippen LogP contribution is -1.99. The highest BCUT2D eigenvalue weighted by Gasteiger charge is 2.12. The number of hydrogen-bond acceptors (Lipinski definition) is 3. The lowest BCUT2D eigenvalue weighted by Gasteiger charge is -2.05. The zero-order chi connectivity index (χ0) is 10.0. The maximum Gasteiger partial charge on any atom is 0.153 e. The molecule has 13 heavy (non-hydrogen) atoms. The van der Waals surface area contributed by atoms with E-state index in [1.54, 1.807) is 0 Å². The van der Waals surface area contributed by atoms with E-state index in [4.69, 9.17) is 28.9 Å². The Balaban J connectivity index is 3.20. The molecule has 1 aromatic heterocycles. The van der Waals surface area contributed by atoms with Crippen molar-refractivity contribution in [2.75, 3.05) is 5.73 Å². The average Bonchev–Trinajstić information content (AvgIpc) is 2.12. The molecule has 0 aromatic carbocycles. The normalized spacial score (nSPS) is 12.5. The molecular weight excluding hydrogens is 279 g/mol. The molecule has 2 N–H and O–H groups in total. The zero-order valence-electron chi connectivity index (χ0n) is 6.30. The van der Waals surface area contributed by atoms with Crippen LogP contribution in [0, 0.1) is 0 Å². The van der Waals surface area contributed by atoms with Gasteiger partial charge in [-0.15, -0.1) is 0 Å². The molecule has 0 saturated heterocycles. The van der Waals surface area contributed by atoms with Crippen molar-refractivity contribution < 1.29 is 4.79 Å². The molecule has 1 aromatic rings. The Labute approximate surface area is 93.4 Å². The van der Waals surface area contributed by atoms with Crippen LogP contribution in [0.5, 0.6) is 0 Å². The number of carbonyl (C=O) groups excluding carboxylic acids is 1. The van der Waals surface area contributed by atoms with E-state index in [1.807, 2.05) is 0 Å². The molecular formula is C7H5BrCl2N2O. The zero-order valence-corrected chi connectivity index (χ0v) is 9.40. The standard InChI is InChI=1S/C7H5BrCl2N2O/c8-3(2-13)5-1-4(9)6(11)7(10)12-5/h1-3H,11H2. The first kappa shape index (κ1) is 10.8. The van der Waals surface area contributed by atoms with Gasteiger partial charge >= 0.3 is 0 Å². The molecule has 6 heteroatoms. The highest BCUT2D eigenvalue weighted by atomic mass is 79.9. The number of aromatic nitrogens is 1. The summed E-state index contributed by atoms with van der Waals surface area (Å²) in [5, 5.41) is 0.398. The Hall–Kier alpha value is -0.320.